The summed E-state index contributed by atoms with van der Waals surface area (Å²) in [6.07, 6.45) is -5.02. The Morgan fingerprint density at radius 3 is 2.00 bits per heavy atom. The fourth-order valence-electron chi connectivity index (χ4n) is 0.969. The third-order valence-corrected chi connectivity index (χ3v) is 1.72. The molecule has 8 heteroatoms. The summed E-state index contributed by atoms with van der Waals surface area (Å²) in [5, 5.41) is 9.54. The van der Waals surface area contributed by atoms with Gasteiger partial charge >= 0.3 is 18.1 Å². The Balaban J connectivity index is 4.78. The van der Waals surface area contributed by atoms with Gasteiger partial charge in [-0.1, -0.05) is 0 Å². The van der Waals surface area contributed by atoms with Gasteiger partial charge in [0.15, 0.2) is 6.10 Å². The lowest BCUT2D eigenvalue weighted by atomic mass is 10.2. The van der Waals surface area contributed by atoms with Gasteiger partial charge in [-0.05, 0) is 13.8 Å². The summed E-state index contributed by atoms with van der Waals surface area (Å²) in [5.41, 5.74) is 0. The van der Waals surface area contributed by atoms with Crippen LogP contribution in [0.15, 0.2) is 0 Å². The molecule has 0 aliphatic carbocycles. The number of esters is 2. The minimum absolute atomic E-state index is 0.00363. The Bertz CT molecular complexity index is 300. The summed E-state index contributed by atoms with van der Waals surface area (Å²) in [7, 11) is 1.02. The highest BCUT2D eigenvalue weighted by Crippen LogP contribution is 2.06. The predicted octanol–water partition coefficient (Wildman–Crippen LogP) is -0.375. The Labute approximate surface area is 104 Å². The highest BCUT2D eigenvalue weighted by atomic mass is 16.7. The maximum Gasteiger partial charge on any atom is 0.508 e. The number of aliphatic hydroxyl groups excluding tert-OH is 1. The fraction of sp³-hybridized carbons (Fsp3) is 0.700. The van der Waals surface area contributed by atoms with Gasteiger partial charge in [-0.25, -0.2) is 14.4 Å². The summed E-state index contributed by atoms with van der Waals surface area (Å²) in [4.78, 5) is 33.6. The molecule has 104 valence electrons. The van der Waals surface area contributed by atoms with Crippen LogP contribution in [0, 0.1) is 0 Å². The minimum atomic E-state index is -1.97. The number of methoxy groups -OCH3 is 1. The molecular formula is C10H16O8. The first-order valence-electron chi connectivity index (χ1n) is 5.23. The third kappa shape index (κ3) is 5.00. The van der Waals surface area contributed by atoms with Gasteiger partial charge in [-0.2, -0.15) is 0 Å². The normalized spacial score (nSPS) is 13.1. The molecule has 0 saturated heterocycles. The zero-order valence-electron chi connectivity index (χ0n) is 10.4. The zero-order chi connectivity index (χ0) is 14.1. The van der Waals surface area contributed by atoms with Crippen molar-refractivity contribution in [3.05, 3.63) is 0 Å². The van der Waals surface area contributed by atoms with Crippen LogP contribution >= 0.6 is 0 Å². The lowest BCUT2D eigenvalue weighted by Crippen LogP contribution is -2.44. The Morgan fingerprint density at radius 2 is 1.56 bits per heavy atom. The molecule has 0 aliphatic heterocycles. The van der Waals surface area contributed by atoms with E-state index in [1.165, 1.54) is 13.8 Å². The summed E-state index contributed by atoms with van der Waals surface area (Å²) in [6, 6.07) is 0. The van der Waals surface area contributed by atoms with Crippen LogP contribution in [-0.2, 0) is 28.5 Å². The number of rotatable bonds is 6. The zero-order valence-corrected chi connectivity index (χ0v) is 10.4. The van der Waals surface area contributed by atoms with Gasteiger partial charge in [0.1, 0.15) is 0 Å². The van der Waals surface area contributed by atoms with Gasteiger partial charge in [0, 0.05) is 0 Å². The van der Waals surface area contributed by atoms with Gasteiger partial charge in [0.25, 0.3) is 0 Å². The van der Waals surface area contributed by atoms with Gasteiger partial charge in [-0.15, -0.1) is 0 Å². The van der Waals surface area contributed by atoms with Crippen LogP contribution in [0.25, 0.3) is 0 Å². The van der Waals surface area contributed by atoms with E-state index in [1.54, 1.807) is 0 Å². The van der Waals surface area contributed by atoms with E-state index in [1.807, 2.05) is 0 Å². The number of ether oxygens (including phenoxy) is 4. The summed E-state index contributed by atoms with van der Waals surface area (Å²) >= 11 is 0. The first-order valence-corrected chi connectivity index (χ1v) is 5.23. The maximum absolute atomic E-state index is 11.4. The van der Waals surface area contributed by atoms with Crippen LogP contribution in [0.2, 0.25) is 0 Å². The molecule has 0 aromatic heterocycles. The van der Waals surface area contributed by atoms with Crippen LogP contribution in [0.1, 0.15) is 13.8 Å². The molecule has 0 aromatic carbocycles. The van der Waals surface area contributed by atoms with E-state index in [0.717, 1.165) is 7.11 Å². The van der Waals surface area contributed by atoms with Crippen molar-refractivity contribution in [3.8, 4) is 0 Å². The molecule has 0 aliphatic rings. The van der Waals surface area contributed by atoms with E-state index in [9.17, 15) is 19.5 Å². The molecule has 8 nitrogen and oxygen atoms in total. The number of hydrogen-bond donors (Lipinski definition) is 1. The molecule has 0 spiro atoms. The van der Waals surface area contributed by atoms with E-state index < -0.39 is 30.3 Å². The fourth-order valence-corrected chi connectivity index (χ4v) is 0.969. The lowest BCUT2D eigenvalue weighted by molar-refractivity contribution is -0.174. The number of carbonyl (C=O) groups is 3. The first-order chi connectivity index (χ1) is 8.47. The Morgan fingerprint density at radius 1 is 1.06 bits per heavy atom. The number of carbonyl (C=O) groups excluding carboxylic acids is 3. The molecule has 2 unspecified atom stereocenters. The molecule has 0 bridgehead atoms. The molecule has 0 rings (SSSR count). The van der Waals surface area contributed by atoms with Crippen LogP contribution in [0.3, 0.4) is 0 Å². The van der Waals surface area contributed by atoms with E-state index in [-0.39, 0.29) is 13.2 Å². The number of aliphatic hydroxyl groups is 1. The molecule has 0 saturated carbocycles. The highest BCUT2D eigenvalue weighted by molar-refractivity contribution is 5.86. The van der Waals surface area contributed by atoms with Crippen molar-refractivity contribution in [1.82, 2.24) is 0 Å². The molecule has 2 atom stereocenters. The second-order valence-electron chi connectivity index (χ2n) is 2.94. The van der Waals surface area contributed by atoms with Crippen molar-refractivity contribution < 1.29 is 38.4 Å². The van der Waals surface area contributed by atoms with Crippen LogP contribution in [0.5, 0.6) is 0 Å². The summed E-state index contributed by atoms with van der Waals surface area (Å²) in [6.45, 7) is 3.04. The molecule has 0 fully saturated rings. The highest BCUT2D eigenvalue weighted by Gasteiger charge is 2.38. The average molecular weight is 264 g/mol. The van der Waals surface area contributed by atoms with E-state index >= 15 is 0 Å². The Hall–Kier alpha value is -1.83. The predicted molar refractivity (Wildman–Crippen MR) is 56.6 cm³/mol. The summed E-state index contributed by atoms with van der Waals surface area (Å²) < 4.78 is 17.7. The van der Waals surface area contributed by atoms with Crippen LogP contribution in [-0.4, -0.2) is 55.7 Å². The van der Waals surface area contributed by atoms with Crippen LogP contribution < -0.4 is 0 Å². The molecule has 0 amide bonds. The standard InChI is InChI=1S/C10H16O8/c1-4-16-8(12)6(11)7(9(13)17-5-2)18-10(14)15-3/h6-7,11H,4-5H2,1-3H3. The topological polar surface area (TPSA) is 108 Å². The monoisotopic (exact) mass is 264 g/mol. The van der Waals surface area contributed by atoms with Crippen LogP contribution in [0.4, 0.5) is 4.79 Å². The molecule has 1 N–H and O–H groups in total. The molecule has 0 radical (unpaired) electrons. The molecule has 0 heterocycles. The minimum Gasteiger partial charge on any atom is -0.464 e. The first kappa shape index (κ1) is 16.2. The second kappa shape index (κ2) is 8.29. The largest absolute Gasteiger partial charge is 0.508 e. The van der Waals surface area contributed by atoms with Gasteiger partial charge in [0.2, 0.25) is 6.10 Å². The quantitative estimate of drug-likeness (QED) is 0.511. The summed E-state index contributed by atoms with van der Waals surface area (Å²) in [5.74, 6) is -2.16. The van der Waals surface area contributed by atoms with Crippen molar-refractivity contribution in [1.29, 1.82) is 0 Å². The molecular weight excluding hydrogens is 248 g/mol. The van der Waals surface area contributed by atoms with Gasteiger partial charge in [-0.3, -0.25) is 0 Å². The maximum atomic E-state index is 11.4. The smallest absolute Gasteiger partial charge is 0.464 e. The van der Waals surface area contributed by atoms with Crippen molar-refractivity contribution in [2.24, 2.45) is 0 Å². The van der Waals surface area contributed by atoms with E-state index in [4.69, 9.17) is 0 Å². The second-order valence-corrected chi connectivity index (χ2v) is 2.94. The molecule has 18 heavy (non-hydrogen) atoms. The lowest BCUT2D eigenvalue weighted by Gasteiger charge is -2.19. The van der Waals surface area contributed by atoms with E-state index in [0.29, 0.717) is 0 Å². The molecule has 0 aromatic rings. The average Bonchev–Trinajstić information content (AvgIpc) is 2.35. The number of hydrogen-bond acceptors (Lipinski definition) is 8. The van der Waals surface area contributed by atoms with Crippen molar-refractivity contribution in [3.63, 3.8) is 0 Å². The van der Waals surface area contributed by atoms with Gasteiger partial charge in [0.05, 0.1) is 20.3 Å². The van der Waals surface area contributed by atoms with Crippen molar-refractivity contribution in [2.75, 3.05) is 20.3 Å². The van der Waals surface area contributed by atoms with Gasteiger partial charge < -0.3 is 24.1 Å². The van der Waals surface area contributed by atoms with E-state index in [2.05, 4.69) is 18.9 Å². The Kier molecular flexibility index (Phi) is 7.45. The third-order valence-electron chi connectivity index (χ3n) is 1.72. The van der Waals surface area contributed by atoms with Crippen molar-refractivity contribution >= 4 is 18.1 Å². The SMILES string of the molecule is CCOC(=O)C(O)C(OC(=O)OC)C(=O)OCC. The van der Waals surface area contributed by atoms with Crippen molar-refractivity contribution in [2.45, 2.75) is 26.1 Å².